The molecule has 0 saturated heterocycles. The van der Waals surface area contributed by atoms with Crippen LogP contribution in [0.3, 0.4) is 0 Å². The van der Waals surface area contributed by atoms with Crippen molar-refractivity contribution in [2.24, 2.45) is 11.7 Å². The quantitative estimate of drug-likeness (QED) is 0.837. The minimum absolute atomic E-state index is 0.355. The van der Waals surface area contributed by atoms with Crippen LogP contribution in [0.25, 0.3) is 0 Å². The smallest absolute Gasteiger partial charge is 0.0439 e. The summed E-state index contributed by atoms with van der Waals surface area (Å²) in [7, 11) is 0. The van der Waals surface area contributed by atoms with Gasteiger partial charge in [0, 0.05) is 22.6 Å². The van der Waals surface area contributed by atoms with Crippen molar-refractivity contribution in [1.82, 2.24) is 5.32 Å². The van der Waals surface area contributed by atoms with Gasteiger partial charge in [-0.25, -0.2) is 0 Å². The fraction of sp³-hybridized carbons (Fsp3) is 0.538. The van der Waals surface area contributed by atoms with Gasteiger partial charge < -0.3 is 11.1 Å². The molecule has 0 fully saturated rings. The summed E-state index contributed by atoms with van der Waals surface area (Å²) in [5.41, 5.74) is 6.77. The Morgan fingerprint density at radius 2 is 2.00 bits per heavy atom. The lowest BCUT2D eigenvalue weighted by Crippen LogP contribution is -2.41. The molecule has 17 heavy (non-hydrogen) atoms. The van der Waals surface area contributed by atoms with Gasteiger partial charge in [0.2, 0.25) is 0 Å². The molecule has 1 rings (SSSR count). The Hall–Kier alpha value is -0.280. The number of nitrogens with two attached hydrogens (primary N) is 1. The number of hydrogen-bond acceptors (Lipinski definition) is 2. The summed E-state index contributed by atoms with van der Waals surface area (Å²) < 4.78 is 0. The second-order valence-electron chi connectivity index (χ2n) is 4.53. The molecule has 0 spiro atoms. The number of benzene rings is 1. The molecule has 0 aliphatic rings. The van der Waals surface area contributed by atoms with Gasteiger partial charge in [0.1, 0.15) is 0 Å². The largest absolute Gasteiger partial charge is 0.329 e. The van der Waals surface area contributed by atoms with Crippen molar-refractivity contribution in [2.75, 3.05) is 13.1 Å². The molecule has 1 aromatic rings. The molecule has 0 aliphatic carbocycles. The zero-order valence-corrected chi connectivity index (χ0v) is 11.9. The lowest BCUT2D eigenvalue weighted by molar-refractivity contribution is 0.409. The average molecular weight is 275 g/mol. The van der Waals surface area contributed by atoms with E-state index < -0.39 is 0 Å². The molecule has 0 aliphatic heterocycles. The van der Waals surface area contributed by atoms with E-state index in [-0.39, 0.29) is 0 Å². The molecule has 3 N–H and O–H groups in total. The summed E-state index contributed by atoms with van der Waals surface area (Å²) in [5, 5.41) is 4.93. The summed E-state index contributed by atoms with van der Waals surface area (Å²) in [5.74, 6) is 0.537. The van der Waals surface area contributed by atoms with Crippen molar-refractivity contribution in [2.45, 2.75) is 26.3 Å². The van der Waals surface area contributed by atoms with Crippen molar-refractivity contribution in [3.8, 4) is 0 Å². The standard InChI is InChI=1S/C13H20Cl2N2/c1-9(2)13(8-16)17-6-5-10-7-11(14)3-4-12(10)15/h3-4,7,9,13,17H,5-6,8,16H2,1-2H3. The molecule has 0 radical (unpaired) electrons. The number of rotatable bonds is 6. The first-order valence-electron chi connectivity index (χ1n) is 5.92. The van der Waals surface area contributed by atoms with Crippen LogP contribution in [-0.4, -0.2) is 19.1 Å². The molecule has 1 unspecified atom stereocenters. The zero-order chi connectivity index (χ0) is 12.8. The Morgan fingerprint density at radius 3 is 2.59 bits per heavy atom. The molecule has 0 aromatic heterocycles. The van der Waals surface area contributed by atoms with E-state index in [1.807, 2.05) is 12.1 Å². The second-order valence-corrected chi connectivity index (χ2v) is 5.37. The van der Waals surface area contributed by atoms with Gasteiger partial charge in [-0.2, -0.15) is 0 Å². The molecular formula is C13H20Cl2N2. The third-order valence-electron chi connectivity index (χ3n) is 2.87. The fourth-order valence-electron chi connectivity index (χ4n) is 1.72. The Bertz CT molecular complexity index is 353. The Labute approximate surface area is 113 Å². The van der Waals surface area contributed by atoms with Crippen molar-refractivity contribution in [1.29, 1.82) is 0 Å². The maximum atomic E-state index is 6.10. The topological polar surface area (TPSA) is 38.0 Å². The molecule has 0 bridgehead atoms. The lowest BCUT2D eigenvalue weighted by Gasteiger charge is -2.20. The van der Waals surface area contributed by atoms with Crippen LogP contribution in [0, 0.1) is 5.92 Å². The van der Waals surface area contributed by atoms with Crippen LogP contribution in [-0.2, 0) is 6.42 Å². The Kier molecular flexibility index (Phi) is 6.28. The van der Waals surface area contributed by atoms with Crippen LogP contribution >= 0.6 is 23.2 Å². The van der Waals surface area contributed by atoms with Crippen LogP contribution in [0.2, 0.25) is 10.0 Å². The first kappa shape index (κ1) is 14.8. The summed E-state index contributed by atoms with van der Waals surface area (Å²) in [4.78, 5) is 0. The molecule has 96 valence electrons. The molecule has 0 amide bonds. The van der Waals surface area contributed by atoms with E-state index in [1.165, 1.54) is 0 Å². The van der Waals surface area contributed by atoms with E-state index in [9.17, 15) is 0 Å². The highest BCUT2D eigenvalue weighted by Gasteiger charge is 2.10. The summed E-state index contributed by atoms with van der Waals surface area (Å²) in [6.45, 7) is 5.84. The van der Waals surface area contributed by atoms with Gasteiger partial charge in [-0.3, -0.25) is 0 Å². The first-order chi connectivity index (χ1) is 8.04. The predicted octanol–water partition coefficient (Wildman–Crippen LogP) is 3.11. The van der Waals surface area contributed by atoms with E-state index in [4.69, 9.17) is 28.9 Å². The molecule has 0 heterocycles. The average Bonchev–Trinajstić information content (AvgIpc) is 2.28. The summed E-state index contributed by atoms with van der Waals surface area (Å²) in [6, 6.07) is 5.91. The maximum absolute atomic E-state index is 6.10. The van der Waals surface area contributed by atoms with E-state index >= 15 is 0 Å². The number of hydrogen-bond donors (Lipinski definition) is 2. The van der Waals surface area contributed by atoms with Gasteiger partial charge >= 0.3 is 0 Å². The first-order valence-corrected chi connectivity index (χ1v) is 6.67. The van der Waals surface area contributed by atoms with Gasteiger partial charge in [-0.05, 0) is 42.6 Å². The SMILES string of the molecule is CC(C)C(CN)NCCc1cc(Cl)ccc1Cl. The molecule has 0 saturated carbocycles. The van der Waals surface area contributed by atoms with E-state index in [0.717, 1.165) is 28.6 Å². The van der Waals surface area contributed by atoms with E-state index in [1.54, 1.807) is 6.07 Å². The van der Waals surface area contributed by atoms with E-state index in [2.05, 4.69) is 19.2 Å². The second kappa shape index (κ2) is 7.22. The Balaban J connectivity index is 2.47. The van der Waals surface area contributed by atoms with Gasteiger partial charge in [0.05, 0.1) is 0 Å². The summed E-state index contributed by atoms with van der Waals surface area (Å²) >= 11 is 12.0. The van der Waals surface area contributed by atoms with Crippen LogP contribution in [0.1, 0.15) is 19.4 Å². The zero-order valence-electron chi connectivity index (χ0n) is 10.3. The van der Waals surface area contributed by atoms with Crippen molar-refractivity contribution >= 4 is 23.2 Å². The van der Waals surface area contributed by atoms with Gasteiger partial charge in [0.25, 0.3) is 0 Å². The fourth-order valence-corrected chi connectivity index (χ4v) is 2.13. The minimum atomic E-state index is 0.355. The minimum Gasteiger partial charge on any atom is -0.329 e. The van der Waals surface area contributed by atoms with Crippen LogP contribution in [0.4, 0.5) is 0 Å². The number of nitrogens with one attached hydrogen (secondary N) is 1. The maximum Gasteiger partial charge on any atom is 0.0439 e. The third-order valence-corrected chi connectivity index (χ3v) is 3.47. The van der Waals surface area contributed by atoms with Gasteiger partial charge in [-0.1, -0.05) is 37.0 Å². The summed E-state index contributed by atoms with van der Waals surface area (Å²) in [6.07, 6.45) is 0.864. The molecular weight excluding hydrogens is 255 g/mol. The highest BCUT2D eigenvalue weighted by atomic mass is 35.5. The van der Waals surface area contributed by atoms with Crippen molar-refractivity contribution in [3.63, 3.8) is 0 Å². The van der Waals surface area contributed by atoms with Crippen LogP contribution in [0.15, 0.2) is 18.2 Å². The van der Waals surface area contributed by atoms with Crippen molar-refractivity contribution < 1.29 is 0 Å². The van der Waals surface area contributed by atoms with Crippen LogP contribution < -0.4 is 11.1 Å². The normalized spacial score (nSPS) is 13.1. The third kappa shape index (κ3) is 4.84. The number of halogens is 2. The van der Waals surface area contributed by atoms with Gasteiger partial charge in [0.15, 0.2) is 0 Å². The lowest BCUT2D eigenvalue weighted by atomic mass is 10.0. The molecule has 1 aromatic carbocycles. The van der Waals surface area contributed by atoms with Crippen molar-refractivity contribution in [3.05, 3.63) is 33.8 Å². The molecule has 4 heteroatoms. The molecule has 1 atom stereocenters. The van der Waals surface area contributed by atoms with Gasteiger partial charge in [-0.15, -0.1) is 0 Å². The molecule has 2 nitrogen and oxygen atoms in total. The Morgan fingerprint density at radius 1 is 1.29 bits per heavy atom. The predicted molar refractivity (Wildman–Crippen MR) is 75.8 cm³/mol. The van der Waals surface area contributed by atoms with E-state index in [0.29, 0.717) is 18.5 Å². The van der Waals surface area contributed by atoms with Crippen LogP contribution in [0.5, 0.6) is 0 Å². The highest BCUT2D eigenvalue weighted by Crippen LogP contribution is 2.20. The highest BCUT2D eigenvalue weighted by molar-refractivity contribution is 6.33. The monoisotopic (exact) mass is 274 g/mol.